The molecule has 4 rings (SSSR count). The SMILES string of the molecule is CCCCn1c(=O)c(-c2c(Cl)ccc(NC(=O)c3cccc(C(F)(F)F)c3)c2Cl)cc2cnccc21. The molecule has 0 radical (unpaired) electrons. The molecule has 2 aromatic carbocycles. The summed E-state index contributed by atoms with van der Waals surface area (Å²) < 4.78 is 40.8. The predicted molar refractivity (Wildman–Crippen MR) is 136 cm³/mol. The van der Waals surface area contributed by atoms with Crippen molar-refractivity contribution >= 4 is 45.7 Å². The van der Waals surface area contributed by atoms with Gasteiger partial charge in [-0.25, -0.2) is 0 Å². The highest BCUT2D eigenvalue weighted by Crippen LogP contribution is 2.39. The lowest BCUT2D eigenvalue weighted by Gasteiger charge is -2.16. The zero-order chi connectivity index (χ0) is 26.0. The molecule has 36 heavy (non-hydrogen) atoms. The van der Waals surface area contributed by atoms with E-state index in [2.05, 4.69) is 10.3 Å². The normalized spacial score (nSPS) is 11.6. The third-order valence-corrected chi connectivity index (χ3v) is 6.40. The second-order valence-corrected chi connectivity index (χ2v) is 8.90. The molecular weight excluding hydrogens is 514 g/mol. The summed E-state index contributed by atoms with van der Waals surface area (Å²) in [6, 6.07) is 10.3. The first-order valence-corrected chi connectivity index (χ1v) is 11.8. The lowest BCUT2D eigenvalue weighted by atomic mass is 10.0. The third-order valence-electron chi connectivity index (χ3n) is 5.69. The van der Waals surface area contributed by atoms with E-state index in [0.29, 0.717) is 17.4 Å². The smallest absolute Gasteiger partial charge is 0.321 e. The van der Waals surface area contributed by atoms with E-state index in [1.165, 1.54) is 18.2 Å². The molecule has 10 heteroatoms. The van der Waals surface area contributed by atoms with Gasteiger partial charge in [-0.05, 0) is 48.9 Å². The minimum Gasteiger partial charge on any atom is -0.321 e. The summed E-state index contributed by atoms with van der Waals surface area (Å²) in [6.45, 7) is 2.49. The van der Waals surface area contributed by atoms with E-state index in [1.54, 1.807) is 29.1 Å². The zero-order valence-electron chi connectivity index (χ0n) is 19.0. The number of benzene rings is 2. The fourth-order valence-corrected chi connectivity index (χ4v) is 4.49. The third kappa shape index (κ3) is 5.10. The molecule has 0 fully saturated rings. The molecule has 2 heterocycles. The number of alkyl halides is 3. The summed E-state index contributed by atoms with van der Waals surface area (Å²) in [5.41, 5.74) is -0.213. The molecular formula is C26H20Cl2F3N3O2. The van der Waals surface area contributed by atoms with E-state index in [0.717, 1.165) is 31.0 Å². The number of fused-ring (bicyclic) bond motifs is 1. The maximum absolute atomic E-state index is 13.5. The molecule has 0 saturated carbocycles. The summed E-state index contributed by atoms with van der Waals surface area (Å²) in [5.74, 6) is -0.792. The maximum Gasteiger partial charge on any atom is 0.416 e. The molecule has 1 amide bonds. The minimum absolute atomic E-state index is 0.00907. The van der Waals surface area contributed by atoms with Crippen LogP contribution in [0.15, 0.2) is 65.7 Å². The summed E-state index contributed by atoms with van der Waals surface area (Å²) in [6.07, 6.45) is 0.288. The summed E-state index contributed by atoms with van der Waals surface area (Å²) in [4.78, 5) is 30.4. The largest absolute Gasteiger partial charge is 0.416 e. The fraction of sp³-hybridized carbons (Fsp3) is 0.192. The monoisotopic (exact) mass is 533 g/mol. The second-order valence-electron chi connectivity index (χ2n) is 8.12. The number of carbonyl (C=O) groups is 1. The number of hydrogen-bond donors (Lipinski definition) is 1. The fourth-order valence-electron chi connectivity index (χ4n) is 3.87. The Morgan fingerprint density at radius 3 is 2.61 bits per heavy atom. The van der Waals surface area contributed by atoms with Crippen LogP contribution in [-0.2, 0) is 12.7 Å². The number of carbonyl (C=O) groups excluding carboxylic acids is 1. The van der Waals surface area contributed by atoms with Crippen molar-refractivity contribution in [3.8, 4) is 11.1 Å². The van der Waals surface area contributed by atoms with Crippen LogP contribution in [0.25, 0.3) is 22.0 Å². The van der Waals surface area contributed by atoms with Crippen LogP contribution in [0, 0.1) is 0 Å². The van der Waals surface area contributed by atoms with Crippen LogP contribution in [0.2, 0.25) is 10.0 Å². The minimum atomic E-state index is -4.59. The molecule has 0 spiro atoms. The second kappa shape index (κ2) is 10.3. The van der Waals surface area contributed by atoms with Crippen LogP contribution in [0.5, 0.6) is 0 Å². The number of rotatable bonds is 6. The van der Waals surface area contributed by atoms with Gasteiger partial charge in [0.05, 0.1) is 32.4 Å². The van der Waals surface area contributed by atoms with Crippen LogP contribution < -0.4 is 10.9 Å². The van der Waals surface area contributed by atoms with Crippen molar-refractivity contribution in [1.82, 2.24) is 9.55 Å². The molecule has 5 nitrogen and oxygen atoms in total. The van der Waals surface area contributed by atoms with Crippen molar-refractivity contribution in [3.63, 3.8) is 0 Å². The van der Waals surface area contributed by atoms with E-state index in [4.69, 9.17) is 23.2 Å². The number of halogens is 5. The Bertz CT molecular complexity index is 1520. The van der Waals surface area contributed by atoms with Gasteiger partial charge < -0.3 is 9.88 Å². The standard InChI is InChI=1S/C26H20Cl2F3N3O2/c1-2-3-11-34-21-9-10-32-14-16(21)13-18(25(34)36)22-19(27)7-8-20(23(22)28)33-24(35)15-5-4-6-17(12-15)26(29,30)31/h4-10,12-14H,2-3,11H2,1H3,(H,33,35). The number of unbranched alkanes of at least 4 members (excludes halogenated alkanes) is 1. The lowest BCUT2D eigenvalue weighted by Crippen LogP contribution is -2.22. The van der Waals surface area contributed by atoms with E-state index >= 15 is 0 Å². The van der Waals surface area contributed by atoms with E-state index in [1.807, 2.05) is 6.92 Å². The first kappa shape index (κ1) is 25.7. The Hall–Kier alpha value is -3.36. The van der Waals surface area contributed by atoms with Gasteiger partial charge in [0, 0.05) is 35.5 Å². The summed E-state index contributed by atoms with van der Waals surface area (Å²) >= 11 is 13.1. The van der Waals surface area contributed by atoms with Gasteiger partial charge in [-0.2, -0.15) is 13.2 Å². The van der Waals surface area contributed by atoms with Gasteiger partial charge >= 0.3 is 6.18 Å². The Kier molecular flexibility index (Phi) is 7.38. The Balaban J connectivity index is 1.79. The van der Waals surface area contributed by atoms with Gasteiger partial charge in [-0.3, -0.25) is 14.6 Å². The van der Waals surface area contributed by atoms with Crippen molar-refractivity contribution in [2.75, 3.05) is 5.32 Å². The highest BCUT2D eigenvalue weighted by Gasteiger charge is 2.31. The molecule has 2 aromatic heterocycles. The van der Waals surface area contributed by atoms with Gasteiger partial charge in [-0.15, -0.1) is 0 Å². The average molecular weight is 534 g/mol. The molecule has 0 aliphatic rings. The molecule has 0 bridgehead atoms. The Morgan fingerprint density at radius 1 is 1.11 bits per heavy atom. The highest BCUT2D eigenvalue weighted by atomic mass is 35.5. The molecule has 0 atom stereocenters. The van der Waals surface area contributed by atoms with Gasteiger partial charge in [0.2, 0.25) is 0 Å². The summed E-state index contributed by atoms with van der Waals surface area (Å²) in [7, 11) is 0. The zero-order valence-corrected chi connectivity index (χ0v) is 20.5. The van der Waals surface area contributed by atoms with E-state index < -0.39 is 17.6 Å². The van der Waals surface area contributed by atoms with Crippen molar-refractivity contribution in [2.45, 2.75) is 32.5 Å². The maximum atomic E-state index is 13.5. The quantitative estimate of drug-likeness (QED) is 0.280. The number of nitrogens with one attached hydrogen (secondary N) is 1. The number of nitrogens with zero attached hydrogens (tertiary/aromatic N) is 2. The first-order chi connectivity index (χ1) is 17.1. The number of aromatic nitrogens is 2. The van der Waals surface area contributed by atoms with Crippen LogP contribution in [-0.4, -0.2) is 15.5 Å². The van der Waals surface area contributed by atoms with Crippen molar-refractivity contribution < 1.29 is 18.0 Å². The van der Waals surface area contributed by atoms with Gasteiger partial charge in [0.15, 0.2) is 0 Å². The molecule has 0 aliphatic heterocycles. The van der Waals surface area contributed by atoms with Crippen LogP contribution in [0.3, 0.4) is 0 Å². The Morgan fingerprint density at radius 2 is 1.89 bits per heavy atom. The van der Waals surface area contributed by atoms with E-state index in [-0.39, 0.29) is 38.0 Å². The predicted octanol–water partition coefficient (Wildman–Crippen LogP) is 7.44. The molecule has 0 aliphatic carbocycles. The number of amides is 1. The topological polar surface area (TPSA) is 64.0 Å². The van der Waals surface area contributed by atoms with Crippen LogP contribution in [0.1, 0.15) is 35.7 Å². The van der Waals surface area contributed by atoms with Gasteiger partial charge in [-0.1, -0.05) is 42.6 Å². The molecule has 1 N–H and O–H groups in total. The number of pyridine rings is 2. The number of aryl methyl sites for hydroxylation is 1. The van der Waals surface area contributed by atoms with E-state index in [9.17, 15) is 22.8 Å². The first-order valence-electron chi connectivity index (χ1n) is 11.1. The molecule has 186 valence electrons. The lowest BCUT2D eigenvalue weighted by molar-refractivity contribution is -0.137. The summed E-state index contributed by atoms with van der Waals surface area (Å²) in [5, 5.41) is 3.40. The van der Waals surface area contributed by atoms with Gasteiger partial charge in [0.25, 0.3) is 11.5 Å². The number of anilines is 1. The van der Waals surface area contributed by atoms with Crippen molar-refractivity contribution in [3.05, 3.63) is 92.5 Å². The molecule has 4 aromatic rings. The molecule has 0 saturated heterocycles. The van der Waals surface area contributed by atoms with Crippen LogP contribution in [0.4, 0.5) is 18.9 Å². The van der Waals surface area contributed by atoms with Crippen LogP contribution >= 0.6 is 23.2 Å². The van der Waals surface area contributed by atoms with Gasteiger partial charge in [0.1, 0.15) is 0 Å². The average Bonchev–Trinajstić information content (AvgIpc) is 2.85. The van der Waals surface area contributed by atoms with Crippen molar-refractivity contribution in [1.29, 1.82) is 0 Å². The Labute approximate surface area is 214 Å². The highest BCUT2D eigenvalue weighted by molar-refractivity contribution is 6.41. The number of hydrogen-bond acceptors (Lipinski definition) is 3. The molecule has 0 unspecified atom stereocenters. The van der Waals surface area contributed by atoms with Crippen molar-refractivity contribution in [2.24, 2.45) is 0 Å².